The minimum atomic E-state index is -0.217. The van der Waals surface area contributed by atoms with E-state index < -0.39 is 0 Å². The second-order valence-corrected chi connectivity index (χ2v) is 7.25. The van der Waals surface area contributed by atoms with Gasteiger partial charge in [0.25, 0.3) is 5.91 Å². The zero-order chi connectivity index (χ0) is 21.5. The summed E-state index contributed by atoms with van der Waals surface area (Å²) in [5.74, 6) is 1.11. The van der Waals surface area contributed by atoms with Crippen LogP contribution in [0.3, 0.4) is 0 Å². The number of aryl methyl sites for hydroxylation is 1. The minimum absolute atomic E-state index is 0.0486. The number of amides is 1. The maximum absolute atomic E-state index is 12.1. The number of hydrogen-bond donors (Lipinski definition) is 2. The second kappa shape index (κ2) is 9.90. The number of anilines is 4. The molecule has 0 bridgehead atoms. The van der Waals surface area contributed by atoms with Gasteiger partial charge in [0.15, 0.2) is 12.4 Å². The molecule has 31 heavy (non-hydrogen) atoms. The van der Waals surface area contributed by atoms with Gasteiger partial charge in [0.2, 0.25) is 0 Å². The van der Waals surface area contributed by atoms with Gasteiger partial charge in [-0.2, -0.15) is 5.10 Å². The van der Waals surface area contributed by atoms with Gasteiger partial charge in [-0.3, -0.25) is 4.79 Å². The van der Waals surface area contributed by atoms with E-state index in [2.05, 4.69) is 25.7 Å². The Labute approximate surface area is 181 Å². The molecule has 3 aromatic rings. The highest BCUT2D eigenvalue weighted by molar-refractivity contribution is 5.92. The summed E-state index contributed by atoms with van der Waals surface area (Å²) in [6, 6.07) is 17.0. The molecule has 1 fully saturated rings. The highest BCUT2D eigenvalue weighted by atomic mass is 16.5. The molecule has 0 unspecified atom stereocenters. The maximum Gasteiger partial charge on any atom is 0.262 e. The Hall–Kier alpha value is -3.65. The first-order valence-corrected chi connectivity index (χ1v) is 10.2. The number of morpholine rings is 1. The van der Waals surface area contributed by atoms with Crippen LogP contribution in [0, 0.1) is 6.92 Å². The van der Waals surface area contributed by atoms with Gasteiger partial charge in [-0.1, -0.05) is 17.7 Å². The molecule has 8 heteroatoms. The summed E-state index contributed by atoms with van der Waals surface area (Å²) >= 11 is 0. The Morgan fingerprint density at radius 3 is 2.52 bits per heavy atom. The third kappa shape index (κ3) is 5.93. The highest BCUT2D eigenvalue weighted by Gasteiger charge is 2.12. The molecule has 8 nitrogen and oxygen atoms in total. The summed E-state index contributed by atoms with van der Waals surface area (Å²) in [6.07, 6.45) is 1.76. The molecular formula is C23H25N5O3. The quantitative estimate of drug-likeness (QED) is 0.607. The predicted molar refractivity (Wildman–Crippen MR) is 120 cm³/mol. The van der Waals surface area contributed by atoms with Crippen LogP contribution in [-0.2, 0) is 9.53 Å². The van der Waals surface area contributed by atoms with Gasteiger partial charge in [0, 0.05) is 30.5 Å². The van der Waals surface area contributed by atoms with E-state index in [4.69, 9.17) is 9.47 Å². The Morgan fingerprint density at radius 1 is 1.06 bits per heavy atom. The van der Waals surface area contributed by atoms with Gasteiger partial charge in [-0.25, -0.2) is 0 Å². The summed E-state index contributed by atoms with van der Waals surface area (Å²) < 4.78 is 10.9. The molecule has 1 saturated heterocycles. The lowest BCUT2D eigenvalue weighted by Gasteiger charge is -2.28. The third-order valence-corrected chi connectivity index (χ3v) is 4.85. The molecule has 1 aromatic heterocycles. The number of nitrogens with zero attached hydrogens (tertiary/aromatic N) is 3. The molecule has 2 N–H and O–H groups in total. The van der Waals surface area contributed by atoms with Gasteiger partial charge in [-0.15, -0.1) is 5.10 Å². The van der Waals surface area contributed by atoms with Crippen LogP contribution in [0.25, 0.3) is 0 Å². The zero-order valence-electron chi connectivity index (χ0n) is 17.4. The predicted octanol–water partition coefficient (Wildman–Crippen LogP) is 3.38. The van der Waals surface area contributed by atoms with Crippen molar-refractivity contribution in [2.45, 2.75) is 6.92 Å². The molecule has 1 aliphatic heterocycles. The van der Waals surface area contributed by atoms with Crippen LogP contribution in [-0.4, -0.2) is 49.0 Å². The summed E-state index contributed by atoms with van der Waals surface area (Å²) in [6.45, 7) is 5.07. The number of benzene rings is 2. The first-order valence-electron chi connectivity index (χ1n) is 10.2. The lowest BCUT2D eigenvalue weighted by atomic mass is 10.2. The number of ether oxygens (including phenoxy) is 2. The molecule has 0 spiro atoms. The average Bonchev–Trinajstić information content (AvgIpc) is 2.81. The zero-order valence-corrected chi connectivity index (χ0v) is 17.4. The highest BCUT2D eigenvalue weighted by Crippen LogP contribution is 2.21. The van der Waals surface area contributed by atoms with E-state index in [0.29, 0.717) is 30.5 Å². The Balaban J connectivity index is 1.30. The fourth-order valence-electron chi connectivity index (χ4n) is 3.18. The van der Waals surface area contributed by atoms with Crippen molar-refractivity contribution < 1.29 is 14.3 Å². The Morgan fingerprint density at radius 2 is 1.77 bits per heavy atom. The standard InChI is InChI=1S/C23H25N5O3/c1-17-2-8-21(9-3-17)31-16-23(29)26-19-6-4-18(5-7-19)25-22-14-20(15-24-27-22)28-10-12-30-13-11-28/h2-9,14-15H,10-13,16H2,1H3,(H,25,27)(H,26,29). The van der Waals surface area contributed by atoms with Gasteiger partial charge >= 0.3 is 0 Å². The van der Waals surface area contributed by atoms with Gasteiger partial charge < -0.3 is 25.0 Å². The lowest BCUT2D eigenvalue weighted by Crippen LogP contribution is -2.36. The van der Waals surface area contributed by atoms with E-state index in [0.717, 1.165) is 30.0 Å². The molecular weight excluding hydrogens is 394 g/mol. The number of rotatable bonds is 7. The van der Waals surface area contributed by atoms with Crippen LogP contribution >= 0.6 is 0 Å². The molecule has 2 heterocycles. The van der Waals surface area contributed by atoms with Gasteiger partial charge in [0.1, 0.15) is 5.75 Å². The number of carbonyl (C=O) groups is 1. The van der Waals surface area contributed by atoms with Crippen molar-refractivity contribution >= 4 is 28.8 Å². The first kappa shape index (κ1) is 20.6. The normalized spacial score (nSPS) is 13.5. The summed E-state index contributed by atoms with van der Waals surface area (Å²) in [4.78, 5) is 14.4. The van der Waals surface area contributed by atoms with Gasteiger partial charge in [-0.05, 0) is 43.3 Å². The second-order valence-electron chi connectivity index (χ2n) is 7.25. The number of aromatic nitrogens is 2. The summed E-state index contributed by atoms with van der Waals surface area (Å²) in [5.41, 5.74) is 3.70. The van der Waals surface area contributed by atoms with Crippen molar-refractivity contribution in [1.29, 1.82) is 0 Å². The van der Waals surface area contributed by atoms with Crippen LogP contribution in [0.1, 0.15) is 5.56 Å². The Kier molecular flexibility index (Phi) is 6.59. The van der Waals surface area contributed by atoms with Gasteiger partial charge in [0.05, 0.1) is 25.1 Å². The molecule has 160 valence electrons. The smallest absolute Gasteiger partial charge is 0.262 e. The lowest BCUT2D eigenvalue weighted by molar-refractivity contribution is -0.118. The van der Waals surface area contributed by atoms with Crippen molar-refractivity contribution in [3.63, 3.8) is 0 Å². The molecule has 0 saturated carbocycles. The van der Waals surface area contributed by atoms with E-state index >= 15 is 0 Å². The molecule has 1 aliphatic rings. The van der Waals surface area contributed by atoms with E-state index in [1.54, 1.807) is 6.20 Å². The van der Waals surface area contributed by atoms with Crippen molar-refractivity contribution in [1.82, 2.24) is 10.2 Å². The van der Waals surface area contributed by atoms with Crippen LogP contribution in [0.5, 0.6) is 5.75 Å². The topological polar surface area (TPSA) is 88.6 Å². The first-order chi connectivity index (χ1) is 15.2. The van der Waals surface area contributed by atoms with E-state index in [1.165, 1.54) is 0 Å². The van der Waals surface area contributed by atoms with Crippen molar-refractivity contribution in [3.05, 3.63) is 66.4 Å². The van der Waals surface area contributed by atoms with E-state index in [9.17, 15) is 4.79 Å². The van der Waals surface area contributed by atoms with Crippen LogP contribution < -0.4 is 20.3 Å². The number of nitrogens with one attached hydrogen (secondary N) is 2. The molecule has 2 aromatic carbocycles. The Bertz CT molecular complexity index is 1000. The van der Waals surface area contributed by atoms with Crippen LogP contribution in [0.4, 0.5) is 22.9 Å². The van der Waals surface area contributed by atoms with E-state index in [-0.39, 0.29) is 12.5 Å². The number of hydrogen-bond acceptors (Lipinski definition) is 7. The molecule has 0 atom stereocenters. The van der Waals surface area contributed by atoms with Crippen molar-refractivity contribution in [2.24, 2.45) is 0 Å². The fourth-order valence-corrected chi connectivity index (χ4v) is 3.18. The molecule has 0 aliphatic carbocycles. The fraction of sp³-hybridized carbons (Fsp3) is 0.261. The number of carbonyl (C=O) groups excluding carboxylic acids is 1. The van der Waals surface area contributed by atoms with Crippen molar-refractivity contribution in [2.75, 3.05) is 48.4 Å². The summed E-state index contributed by atoms with van der Waals surface area (Å²) in [7, 11) is 0. The SMILES string of the molecule is Cc1ccc(OCC(=O)Nc2ccc(Nc3cc(N4CCOCC4)cnn3)cc2)cc1. The molecule has 0 radical (unpaired) electrons. The monoisotopic (exact) mass is 419 g/mol. The molecule has 4 rings (SSSR count). The van der Waals surface area contributed by atoms with Crippen LogP contribution in [0.15, 0.2) is 60.8 Å². The van der Waals surface area contributed by atoms with E-state index in [1.807, 2.05) is 61.5 Å². The maximum atomic E-state index is 12.1. The third-order valence-electron chi connectivity index (χ3n) is 4.85. The minimum Gasteiger partial charge on any atom is -0.484 e. The summed E-state index contributed by atoms with van der Waals surface area (Å²) in [5, 5.41) is 14.3. The van der Waals surface area contributed by atoms with Crippen LogP contribution in [0.2, 0.25) is 0 Å². The molecule has 1 amide bonds. The van der Waals surface area contributed by atoms with Crippen molar-refractivity contribution in [3.8, 4) is 5.75 Å². The average molecular weight is 419 g/mol. The largest absolute Gasteiger partial charge is 0.484 e.